The van der Waals surface area contributed by atoms with Crippen LogP contribution in [0.25, 0.3) is 10.7 Å². The molecule has 9 heteroatoms. The van der Waals surface area contributed by atoms with Crippen molar-refractivity contribution >= 4 is 34.7 Å². The van der Waals surface area contributed by atoms with Crippen molar-refractivity contribution in [2.45, 2.75) is 33.1 Å². The van der Waals surface area contributed by atoms with Crippen LogP contribution in [0.1, 0.15) is 40.7 Å². The smallest absolute Gasteiger partial charge is 0.350 e. The van der Waals surface area contributed by atoms with E-state index in [1.807, 2.05) is 36.4 Å². The quantitative estimate of drug-likeness (QED) is 0.452. The fraction of sp³-hybridized carbons (Fsp3) is 0.375. The summed E-state index contributed by atoms with van der Waals surface area (Å²) in [5.41, 5.74) is 1.82. The second kappa shape index (κ2) is 9.86. The van der Waals surface area contributed by atoms with Gasteiger partial charge >= 0.3 is 5.97 Å². The molecule has 0 saturated carbocycles. The molecule has 3 aromatic rings. The Bertz CT molecular complexity index is 1180. The number of piperidine rings is 1. The maximum Gasteiger partial charge on any atom is 0.350 e. The number of carbonyl (C=O) groups excluding carboxylic acids is 1. The van der Waals surface area contributed by atoms with E-state index in [4.69, 9.17) is 16.3 Å². The van der Waals surface area contributed by atoms with Crippen molar-refractivity contribution < 1.29 is 9.53 Å². The van der Waals surface area contributed by atoms with Crippen LogP contribution in [0.3, 0.4) is 0 Å². The molecule has 0 spiro atoms. The van der Waals surface area contributed by atoms with E-state index in [1.165, 1.54) is 11.3 Å². The van der Waals surface area contributed by atoms with Gasteiger partial charge in [0.1, 0.15) is 15.6 Å². The molecule has 1 aromatic carbocycles. The average molecular weight is 482 g/mol. The van der Waals surface area contributed by atoms with Crippen molar-refractivity contribution in [1.82, 2.24) is 15.2 Å². The van der Waals surface area contributed by atoms with Crippen LogP contribution in [0, 0.1) is 23.7 Å². The van der Waals surface area contributed by atoms with Gasteiger partial charge in [-0.05, 0) is 56.9 Å². The number of nitriles is 1. The molecule has 0 bridgehead atoms. The lowest BCUT2D eigenvalue weighted by atomic mass is 9.75. The Morgan fingerprint density at radius 1 is 1.24 bits per heavy atom. The number of carbonyl (C=O) groups is 1. The van der Waals surface area contributed by atoms with E-state index in [9.17, 15) is 10.1 Å². The molecular weight excluding hydrogens is 458 g/mol. The van der Waals surface area contributed by atoms with Crippen LogP contribution in [0.4, 0.5) is 5.82 Å². The van der Waals surface area contributed by atoms with Gasteiger partial charge < -0.3 is 9.64 Å². The molecule has 0 radical (unpaired) electrons. The Labute approximate surface area is 202 Å². The van der Waals surface area contributed by atoms with Crippen molar-refractivity contribution in [3.63, 3.8) is 0 Å². The largest absolute Gasteiger partial charge is 0.462 e. The fourth-order valence-electron chi connectivity index (χ4n) is 4.00. The van der Waals surface area contributed by atoms with E-state index in [-0.39, 0.29) is 5.97 Å². The first kappa shape index (κ1) is 23.1. The monoisotopic (exact) mass is 481 g/mol. The molecular formula is C24H24ClN5O2S. The predicted octanol–water partition coefficient (Wildman–Crippen LogP) is 5.09. The summed E-state index contributed by atoms with van der Waals surface area (Å²) in [4.78, 5) is 19.2. The first-order valence-electron chi connectivity index (χ1n) is 10.8. The number of nitrogens with zero attached hydrogens (tertiary/aromatic N) is 5. The molecule has 0 amide bonds. The molecule has 2 aromatic heterocycles. The van der Waals surface area contributed by atoms with Gasteiger partial charge in [-0.2, -0.15) is 5.26 Å². The lowest BCUT2D eigenvalue weighted by Gasteiger charge is -2.38. The van der Waals surface area contributed by atoms with E-state index in [0.29, 0.717) is 39.3 Å². The molecule has 33 heavy (non-hydrogen) atoms. The summed E-state index contributed by atoms with van der Waals surface area (Å²) < 4.78 is 5.08. The summed E-state index contributed by atoms with van der Waals surface area (Å²) in [6.07, 6.45) is 2.10. The number of anilines is 1. The number of aromatic nitrogens is 3. The SMILES string of the molecule is CCOC(=O)c1sc(-c2ccc(N3CCC(C#N)(Cc4ccccc4Cl)CC3)nn2)nc1C. The number of rotatable bonds is 6. The number of aryl methyl sites for hydroxylation is 1. The maximum absolute atomic E-state index is 12.1. The van der Waals surface area contributed by atoms with Crippen molar-refractivity contribution in [2.75, 3.05) is 24.6 Å². The van der Waals surface area contributed by atoms with E-state index >= 15 is 0 Å². The zero-order valence-corrected chi connectivity index (χ0v) is 20.1. The van der Waals surface area contributed by atoms with Gasteiger partial charge in [-0.1, -0.05) is 29.8 Å². The molecule has 3 heterocycles. The molecule has 1 aliphatic rings. The van der Waals surface area contributed by atoms with E-state index in [2.05, 4.69) is 26.2 Å². The third-order valence-corrected chi connectivity index (χ3v) is 7.42. The van der Waals surface area contributed by atoms with Gasteiger partial charge in [-0.15, -0.1) is 21.5 Å². The molecule has 0 aliphatic carbocycles. The third-order valence-electron chi connectivity index (χ3n) is 5.90. The topological polar surface area (TPSA) is 92.0 Å². The first-order chi connectivity index (χ1) is 15.9. The van der Waals surface area contributed by atoms with Gasteiger partial charge in [-0.3, -0.25) is 0 Å². The minimum atomic E-state index is -0.434. The van der Waals surface area contributed by atoms with E-state index in [0.717, 1.165) is 37.3 Å². The van der Waals surface area contributed by atoms with Crippen LogP contribution >= 0.6 is 22.9 Å². The number of hydrogen-bond donors (Lipinski definition) is 0. The lowest BCUT2D eigenvalue weighted by Crippen LogP contribution is -2.41. The Hall–Kier alpha value is -3.02. The highest BCUT2D eigenvalue weighted by Crippen LogP contribution is 2.37. The Balaban J connectivity index is 1.44. The molecule has 1 aliphatic heterocycles. The molecule has 4 rings (SSSR count). The van der Waals surface area contributed by atoms with Gasteiger partial charge in [0.15, 0.2) is 5.82 Å². The van der Waals surface area contributed by atoms with Crippen molar-refractivity contribution in [1.29, 1.82) is 5.26 Å². The van der Waals surface area contributed by atoms with Gasteiger partial charge in [-0.25, -0.2) is 9.78 Å². The standard InChI is InChI=1S/C24H24ClN5O2S/c1-3-32-23(31)21-16(2)27-22(33-21)19-8-9-20(29-28-19)30-12-10-24(15-26,11-13-30)14-17-6-4-5-7-18(17)25/h4-9H,3,10-14H2,1-2H3. The van der Waals surface area contributed by atoms with Crippen LogP contribution in [0.5, 0.6) is 0 Å². The van der Waals surface area contributed by atoms with Crippen LogP contribution in [0.2, 0.25) is 5.02 Å². The number of thiazole rings is 1. The molecule has 1 fully saturated rings. The predicted molar refractivity (Wildman–Crippen MR) is 128 cm³/mol. The number of ether oxygens (including phenoxy) is 1. The molecule has 1 saturated heterocycles. The number of esters is 1. The van der Waals surface area contributed by atoms with Gasteiger partial charge in [0.25, 0.3) is 0 Å². The molecule has 170 valence electrons. The van der Waals surface area contributed by atoms with Gasteiger partial charge in [0.2, 0.25) is 0 Å². The van der Waals surface area contributed by atoms with Crippen LogP contribution in [-0.4, -0.2) is 40.8 Å². The van der Waals surface area contributed by atoms with Crippen molar-refractivity contribution in [2.24, 2.45) is 5.41 Å². The van der Waals surface area contributed by atoms with Crippen molar-refractivity contribution in [3.05, 3.63) is 57.6 Å². The molecule has 0 unspecified atom stereocenters. The number of halogens is 1. The highest BCUT2D eigenvalue weighted by atomic mass is 35.5. The summed E-state index contributed by atoms with van der Waals surface area (Å²) in [5, 5.41) is 20.0. The van der Waals surface area contributed by atoms with E-state index < -0.39 is 5.41 Å². The number of benzene rings is 1. The highest BCUT2D eigenvalue weighted by molar-refractivity contribution is 7.17. The Morgan fingerprint density at radius 3 is 2.64 bits per heavy atom. The molecule has 7 nitrogen and oxygen atoms in total. The Kier molecular flexibility index (Phi) is 6.91. The summed E-state index contributed by atoms with van der Waals surface area (Å²) in [6.45, 7) is 5.31. The van der Waals surface area contributed by atoms with E-state index in [1.54, 1.807) is 13.8 Å². The Morgan fingerprint density at radius 2 is 2.00 bits per heavy atom. The summed E-state index contributed by atoms with van der Waals surface area (Å²) >= 11 is 7.59. The zero-order valence-electron chi connectivity index (χ0n) is 18.5. The second-order valence-electron chi connectivity index (χ2n) is 8.08. The lowest BCUT2D eigenvalue weighted by molar-refractivity contribution is 0.0531. The highest BCUT2D eigenvalue weighted by Gasteiger charge is 2.36. The van der Waals surface area contributed by atoms with Gasteiger partial charge in [0, 0.05) is 18.1 Å². The van der Waals surface area contributed by atoms with Crippen LogP contribution in [-0.2, 0) is 11.2 Å². The summed E-state index contributed by atoms with van der Waals surface area (Å²) in [7, 11) is 0. The molecule has 0 N–H and O–H groups in total. The first-order valence-corrected chi connectivity index (χ1v) is 12.0. The van der Waals surface area contributed by atoms with Crippen LogP contribution in [0.15, 0.2) is 36.4 Å². The van der Waals surface area contributed by atoms with Crippen LogP contribution < -0.4 is 4.90 Å². The summed E-state index contributed by atoms with van der Waals surface area (Å²) in [6, 6.07) is 14.1. The zero-order chi connectivity index (χ0) is 23.4. The van der Waals surface area contributed by atoms with Gasteiger partial charge in [0.05, 0.1) is 23.8 Å². The maximum atomic E-state index is 12.1. The second-order valence-corrected chi connectivity index (χ2v) is 9.48. The third kappa shape index (κ3) is 5.00. The molecule has 0 atom stereocenters. The minimum absolute atomic E-state index is 0.321. The number of hydrogen-bond acceptors (Lipinski definition) is 8. The minimum Gasteiger partial charge on any atom is -0.462 e. The average Bonchev–Trinajstić information content (AvgIpc) is 3.23. The summed E-state index contributed by atoms with van der Waals surface area (Å²) in [5.74, 6) is 0.399. The fourth-order valence-corrected chi connectivity index (χ4v) is 5.13. The normalized spacial score (nSPS) is 15.2. The van der Waals surface area contributed by atoms with Crippen molar-refractivity contribution in [3.8, 4) is 16.8 Å².